The van der Waals surface area contributed by atoms with Crippen molar-refractivity contribution in [2.75, 3.05) is 45.9 Å². The van der Waals surface area contributed by atoms with Crippen LogP contribution in [0.4, 0.5) is 4.79 Å². The Hall–Kier alpha value is -1.59. The molecule has 2 aliphatic rings. The third-order valence-corrected chi connectivity index (χ3v) is 4.85. The monoisotopic (exact) mass is 332 g/mol. The molecule has 24 heavy (non-hydrogen) atoms. The minimum Gasteiger partial charge on any atom is -0.445 e. The Morgan fingerprint density at radius 1 is 1.12 bits per heavy atom. The zero-order valence-corrected chi connectivity index (χ0v) is 14.4. The minimum atomic E-state index is -0.210. The molecule has 1 unspecified atom stereocenters. The van der Waals surface area contributed by atoms with Crippen LogP contribution in [0.2, 0.25) is 0 Å². The van der Waals surface area contributed by atoms with E-state index in [1.165, 1.54) is 25.9 Å². The first-order valence-corrected chi connectivity index (χ1v) is 9.07. The lowest BCUT2D eigenvalue weighted by Gasteiger charge is -2.17. The molecule has 0 N–H and O–H groups in total. The summed E-state index contributed by atoms with van der Waals surface area (Å²) in [6.45, 7) is 6.88. The van der Waals surface area contributed by atoms with Gasteiger partial charge in [0.05, 0.1) is 13.2 Å². The highest BCUT2D eigenvalue weighted by Gasteiger charge is 2.27. The fraction of sp³-hybridized carbons (Fsp3) is 0.632. The lowest BCUT2D eigenvalue weighted by molar-refractivity contribution is 0.0790. The van der Waals surface area contributed by atoms with E-state index >= 15 is 0 Å². The number of benzene rings is 1. The molecule has 5 heteroatoms. The van der Waals surface area contributed by atoms with Gasteiger partial charge in [-0.2, -0.15) is 0 Å². The van der Waals surface area contributed by atoms with Crippen LogP contribution in [0, 0.1) is 5.92 Å². The molecule has 1 atom stereocenters. The summed E-state index contributed by atoms with van der Waals surface area (Å²) in [6.07, 6.45) is 3.44. The lowest BCUT2D eigenvalue weighted by Crippen LogP contribution is -2.30. The van der Waals surface area contributed by atoms with Crippen LogP contribution in [0.15, 0.2) is 30.3 Å². The third-order valence-electron chi connectivity index (χ3n) is 4.85. The average Bonchev–Trinajstić information content (AvgIpc) is 3.29. The largest absolute Gasteiger partial charge is 0.445 e. The maximum Gasteiger partial charge on any atom is 0.410 e. The van der Waals surface area contributed by atoms with Crippen LogP contribution in [-0.2, 0) is 16.1 Å². The van der Waals surface area contributed by atoms with Gasteiger partial charge in [0.2, 0.25) is 0 Å². The van der Waals surface area contributed by atoms with Gasteiger partial charge in [0.15, 0.2) is 0 Å². The van der Waals surface area contributed by atoms with E-state index in [4.69, 9.17) is 9.47 Å². The van der Waals surface area contributed by atoms with E-state index in [0.29, 0.717) is 12.5 Å². The molecule has 0 saturated carbocycles. The highest BCUT2D eigenvalue weighted by Crippen LogP contribution is 2.18. The molecule has 0 aliphatic carbocycles. The van der Waals surface area contributed by atoms with Gasteiger partial charge in [0.1, 0.15) is 6.61 Å². The van der Waals surface area contributed by atoms with Crippen LogP contribution >= 0.6 is 0 Å². The van der Waals surface area contributed by atoms with Crippen molar-refractivity contribution in [2.45, 2.75) is 25.9 Å². The van der Waals surface area contributed by atoms with E-state index in [2.05, 4.69) is 4.90 Å². The summed E-state index contributed by atoms with van der Waals surface area (Å²) in [4.78, 5) is 16.4. The summed E-state index contributed by atoms with van der Waals surface area (Å²) in [5.74, 6) is 0.438. The van der Waals surface area contributed by atoms with Gasteiger partial charge < -0.3 is 19.3 Å². The quantitative estimate of drug-likeness (QED) is 0.720. The van der Waals surface area contributed by atoms with Gasteiger partial charge in [0.25, 0.3) is 0 Å². The van der Waals surface area contributed by atoms with Gasteiger partial charge in [-0.05, 0) is 37.9 Å². The fourth-order valence-electron chi connectivity index (χ4n) is 3.39. The van der Waals surface area contributed by atoms with E-state index in [1.807, 2.05) is 30.3 Å². The van der Waals surface area contributed by atoms with Crippen LogP contribution in [0.3, 0.4) is 0 Å². The molecule has 1 amide bonds. The number of ether oxygens (including phenoxy) is 2. The molecule has 2 aliphatic heterocycles. The number of carbonyl (C=O) groups excluding carboxylic acids is 1. The fourth-order valence-corrected chi connectivity index (χ4v) is 3.39. The normalized spacial score (nSPS) is 21.3. The first-order chi connectivity index (χ1) is 11.8. The molecular formula is C19H28N2O3. The molecule has 0 aromatic heterocycles. The zero-order valence-electron chi connectivity index (χ0n) is 14.4. The number of hydrogen-bond acceptors (Lipinski definition) is 4. The standard InChI is InChI=1S/C19H28N2O3/c22-19(24-16-17-6-2-1-3-7-17)21-11-8-18(14-21)15-23-13-12-20-9-4-5-10-20/h1-3,6-7,18H,4-5,8-16H2. The summed E-state index contributed by atoms with van der Waals surface area (Å²) in [5.41, 5.74) is 1.02. The molecule has 2 saturated heterocycles. The van der Waals surface area contributed by atoms with E-state index in [-0.39, 0.29) is 6.09 Å². The second-order valence-electron chi connectivity index (χ2n) is 6.76. The van der Waals surface area contributed by atoms with Gasteiger partial charge in [-0.15, -0.1) is 0 Å². The Morgan fingerprint density at radius 3 is 2.71 bits per heavy atom. The third kappa shape index (κ3) is 5.21. The van der Waals surface area contributed by atoms with Crippen molar-refractivity contribution in [1.29, 1.82) is 0 Å². The average molecular weight is 332 g/mol. The summed E-state index contributed by atoms with van der Waals surface area (Å²) in [6, 6.07) is 9.80. The molecule has 2 heterocycles. The second-order valence-corrected chi connectivity index (χ2v) is 6.76. The molecule has 1 aromatic carbocycles. The number of hydrogen-bond donors (Lipinski definition) is 0. The molecular weight excluding hydrogens is 304 g/mol. The summed E-state index contributed by atoms with van der Waals surface area (Å²) in [7, 11) is 0. The van der Waals surface area contributed by atoms with E-state index < -0.39 is 0 Å². The smallest absolute Gasteiger partial charge is 0.410 e. The second kappa shape index (κ2) is 9.04. The van der Waals surface area contributed by atoms with Crippen molar-refractivity contribution >= 4 is 6.09 Å². The van der Waals surface area contributed by atoms with Crippen LogP contribution in [0.1, 0.15) is 24.8 Å². The summed E-state index contributed by atoms with van der Waals surface area (Å²) in [5, 5.41) is 0. The lowest BCUT2D eigenvalue weighted by atomic mass is 10.1. The van der Waals surface area contributed by atoms with Crippen molar-refractivity contribution in [2.24, 2.45) is 5.92 Å². The Bertz CT molecular complexity index is 503. The number of carbonyl (C=O) groups is 1. The van der Waals surface area contributed by atoms with Crippen LogP contribution in [0.5, 0.6) is 0 Å². The van der Waals surface area contributed by atoms with Gasteiger partial charge in [-0.1, -0.05) is 30.3 Å². The minimum absolute atomic E-state index is 0.210. The van der Waals surface area contributed by atoms with Crippen molar-refractivity contribution < 1.29 is 14.3 Å². The molecule has 0 spiro atoms. The Labute approximate surface area is 144 Å². The van der Waals surface area contributed by atoms with Crippen molar-refractivity contribution in [1.82, 2.24) is 9.80 Å². The van der Waals surface area contributed by atoms with E-state index in [1.54, 1.807) is 4.90 Å². The van der Waals surface area contributed by atoms with Gasteiger partial charge in [0, 0.05) is 25.6 Å². The number of rotatable bonds is 7. The van der Waals surface area contributed by atoms with Crippen LogP contribution in [0.25, 0.3) is 0 Å². The summed E-state index contributed by atoms with van der Waals surface area (Å²) >= 11 is 0. The molecule has 132 valence electrons. The first-order valence-electron chi connectivity index (χ1n) is 9.07. The molecule has 0 bridgehead atoms. The Kier molecular flexibility index (Phi) is 6.49. The maximum atomic E-state index is 12.1. The highest BCUT2D eigenvalue weighted by atomic mass is 16.6. The van der Waals surface area contributed by atoms with Gasteiger partial charge in [-0.3, -0.25) is 0 Å². The topological polar surface area (TPSA) is 42.0 Å². The Morgan fingerprint density at radius 2 is 1.92 bits per heavy atom. The predicted octanol–water partition coefficient (Wildman–Crippen LogP) is 2.76. The van der Waals surface area contributed by atoms with Crippen molar-refractivity contribution in [3.8, 4) is 0 Å². The number of likely N-dealkylation sites (tertiary alicyclic amines) is 2. The van der Waals surface area contributed by atoms with Crippen molar-refractivity contribution in [3.05, 3.63) is 35.9 Å². The van der Waals surface area contributed by atoms with Gasteiger partial charge >= 0.3 is 6.09 Å². The van der Waals surface area contributed by atoms with E-state index in [9.17, 15) is 4.79 Å². The van der Waals surface area contributed by atoms with Crippen LogP contribution < -0.4 is 0 Å². The van der Waals surface area contributed by atoms with E-state index in [0.717, 1.165) is 44.8 Å². The zero-order chi connectivity index (χ0) is 16.6. The predicted molar refractivity (Wildman–Crippen MR) is 92.8 cm³/mol. The number of amides is 1. The van der Waals surface area contributed by atoms with Gasteiger partial charge in [-0.25, -0.2) is 4.79 Å². The number of nitrogens with zero attached hydrogens (tertiary/aromatic N) is 2. The highest BCUT2D eigenvalue weighted by molar-refractivity contribution is 5.68. The SMILES string of the molecule is O=C(OCc1ccccc1)N1CCC(COCCN2CCCC2)C1. The van der Waals surface area contributed by atoms with Crippen molar-refractivity contribution in [3.63, 3.8) is 0 Å². The van der Waals surface area contributed by atoms with Crippen LogP contribution in [-0.4, -0.2) is 61.8 Å². The molecule has 3 rings (SSSR count). The maximum absolute atomic E-state index is 12.1. The summed E-state index contributed by atoms with van der Waals surface area (Å²) < 4.78 is 11.2. The molecule has 2 fully saturated rings. The molecule has 5 nitrogen and oxygen atoms in total. The molecule has 0 radical (unpaired) electrons. The molecule has 1 aromatic rings. The Balaban J connectivity index is 1.29. The first kappa shape index (κ1) is 17.2.